The van der Waals surface area contributed by atoms with Gasteiger partial charge in [0, 0.05) is 30.6 Å². The molecule has 0 bridgehead atoms. The maximum Gasteiger partial charge on any atom is 0.162 e. The van der Waals surface area contributed by atoms with Gasteiger partial charge in [-0.2, -0.15) is 0 Å². The average Bonchev–Trinajstić information content (AvgIpc) is 2.90. The molecule has 0 aliphatic carbocycles. The van der Waals surface area contributed by atoms with E-state index in [2.05, 4.69) is 80.3 Å². The summed E-state index contributed by atoms with van der Waals surface area (Å²) in [5.41, 5.74) is 7.40. The number of benzene rings is 3. The van der Waals surface area contributed by atoms with E-state index in [0.717, 1.165) is 55.8 Å². The van der Waals surface area contributed by atoms with Crippen LogP contribution in [-0.4, -0.2) is 37.4 Å². The third kappa shape index (κ3) is 6.33. The highest BCUT2D eigenvalue weighted by Gasteiger charge is 2.21. The minimum atomic E-state index is 0.106. The number of carbonyl (C=O) groups excluding carboxylic acids is 1. The van der Waals surface area contributed by atoms with Crippen LogP contribution in [0.4, 0.5) is 0 Å². The van der Waals surface area contributed by atoms with E-state index >= 15 is 0 Å². The van der Waals surface area contributed by atoms with Crippen LogP contribution >= 0.6 is 0 Å². The van der Waals surface area contributed by atoms with Crippen LogP contribution in [0.3, 0.4) is 0 Å². The highest BCUT2D eigenvalue weighted by Crippen LogP contribution is 2.36. The number of para-hydroxylation sites is 1. The molecule has 3 nitrogen and oxygen atoms in total. The van der Waals surface area contributed by atoms with Gasteiger partial charge in [0.1, 0.15) is 5.75 Å². The number of hydrogen-bond donors (Lipinski definition) is 0. The molecule has 3 aromatic rings. The second-order valence-corrected chi connectivity index (χ2v) is 10.7. The van der Waals surface area contributed by atoms with Crippen LogP contribution in [0.2, 0.25) is 0 Å². The molecule has 0 aromatic heterocycles. The van der Waals surface area contributed by atoms with Crippen molar-refractivity contribution in [3.05, 3.63) is 107 Å². The third-order valence-electron chi connectivity index (χ3n) is 7.20. The van der Waals surface area contributed by atoms with Gasteiger partial charge < -0.3 is 9.64 Å². The number of methoxy groups -OCH3 is 1. The molecule has 0 unspecified atom stereocenters. The second kappa shape index (κ2) is 11.7. The fourth-order valence-electron chi connectivity index (χ4n) is 5.07. The van der Waals surface area contributed by atoms with Crippen molar-refractivity contribution in [1.82, 2.24) is 4.90 Å². The zero-order chi connectivity index (χ0) is 25.5. The smallest absolute Gasteiger partial charge is 0.162 e. The Hall–Kier alpha value is -3.17. The fraction of sp³-hybridized carbons (Fsp3) is 0.364. The summed E-state index contributed by atoms with van der Waals surface area (Å²) in [6.45, 7) is 9.60. The Morgan fingerprint density at radius 1 is 0.833 bits per heavy atom. The number of ketones is 1. The minimum absolute atomic E-state index is 0.106. The molecule has 1 aliphatic heterocycles. The maximum absolute atomic E-state index is 12.7. The van der Waals surface area contributed by atoms with E-state index in [1.165, 1.54) is 22.3 Å². The van der Waals surface area contributed by atoms with Crippen molar-refractivity contribution < 1.29 is 9.53 Å². The van der Waals surface area contributed by atoms with E-state index in [0.29, 0.717) is 6.42 Å². The van der Waals surface area contributed by atoms with Crippen LogP contribution < -0.4 is 4.74 Å². The van der Waals surface area contributed by atoms with Crippen LogP contribution in [0.5, 0.6) is 5.75 Å². The zero-order valence-electron chi connectivity index (χ0n) is 22.2. The molecule has 188 valence electrons. The molecule has 1 heterocycles. The summed E-state index contributed by atoms with van der Waals surface area (Å²) in [7, 11) is 1.74. The molecule has 4 rings (SSSR count). The van der Waals surface area contributed by atoms with Crippen LogP contribution in [0, 0.1) is 0 Å². The van der Waals surface area contributed by atoms with E-state index in [1.54, 1.807) is 7.11 Å². The van der Waals surface area contributed by atoms with Gasteiger partial charge in [-0.3, -0.25) is 4.79 Å². The van der Waals surface area contributed by atoms with Crippen LogP contribution in [-0.2, 0) is 5.41 Å². The molecule has 0 radical (unpaired) electrons. The lowest BCUT2D eigenvalue weighted by atomic mass is 9.86. The van der Waals surface area contributed by atoms with E-state index in [-0.39, 0.29) is 11.2 Å². The SMILES string of the molecule is COc1ccccc1C(=C1CCN(CCCC(=O)c2ccc(C(C)(C)C)cc2)CC1)c1ccccc1. The van der Waals surface area contributed by atoms with Crippen molar-refractivity contribution in [1.29, 1.82) is 0 Å². The van der Waals surface area contributed by atoms with Crippen molar-refractivity contribution in [3.8, 4) is 5.75 Å². The van der Waals surface area contributed by atoms with Crippen molar-refractivity contribution in [3.63, 3.8) is 0 Å². The predicted octanol–water partition coefficient (Wildman–Crippen LogP) is 7.55. The molecule has 36 heavy (non-hydrogen) atoms. The van der Waals surface area contributed by atoms with Crippen LogP contribution in [0.25, 0.3) is 5.57 Å². The first-order chi connectivity index (χ1) is 17.4. The Kier molecular flexibility index (Phi) is 8.43. The van der Waals surface area contributed by atoms with Gasteiger partial charge in [0.15, 0.2) is 5.78 Å². The van der Waals surface area contributed by atoms with Crippen molar-refractivity contribution >= 4 is 11.4 Å². The zero-order valence-corrected chi connectivity index (χ0v) is 22.2. The summed E-state index contributed by atoms with van der Waals surface area (Å²) < 4.78 is 5.72. The molecule has 1 fully saturated rings. The standard InChI is InChI=1S/C33H39NO2/c1-33(2,3)28-18-16-25(17-19-28)30(35)14-10-22-34-23-20-27(21-24-34)32(26-11-6-5-7-12-26)29-13-8-9-15-31(29)36-4/h5-9,11-13,15-19H,10,14,20-24H2,1-4H3. The minimum Gasteiger partial charge on any atom is -0.496 e. The van der Waals surface area contributed by atoms with Crippen molar-refractivity contribution in [2.45, 2.75) is 51.9 Å². The number of Topliss-reactive ketones (excluding diaryl/α,β-unsaturated/α-hetero) is 1. The second-order valence-electron chi connectivity index (χ2n) is 10.7. The van der Waals surface area contributed by atoms with Gasteiger partial charge in [-0.25, -0.2) is 0 Å². The lowest BCUT2D eigenvalue weighted by Gasteiger charge is -2.30. The van der Waals surface area contributed by atoms with E-state index in [4.69, 9.17) is 4.74 Å². The Labute approximate surface area is 216 Å². The molecule has 0 amide bonds. The third-order valence-corrected chi connectivity index (χ3v) is 7.20. The van der Waals surface area contributed by atoms with Crippen molar-refractivity contribution in [2.24, 2.45) is 0 Å². The number of ether oxygens (including phenoxy) is 1. The van der Waals surface area contributed by atoms with Gasteiger partial charge in [-0.05, 0) is 54.0 Å². The molecular formula is C33H39NO2. The number of piperidine rings is 1. The molecule has 0 atom stereocenters. The van der Waals surface area contributed by atoms with Crippen LogP contribution in [0.1, 0.15) is 73.5 Å². The average molecular weight is 482 g/mol. The number of hydrogen-bond acceptors (Lipinski definition) is 3. The van der Waals surface area contributed by atoms with Gasteiger partial charge >= 0.3 is 0 Å². The van der Waals surface area contributed by atoms with Gasteiger partial charge in [0.05, 0.1) is 7.11 Å². The number of rotatable bonds is 8. The summed E-state index contributed by atoms with van der Waals surface area (Å²) in [5, 5.41) is 0. The number of nitrogens with zero attached hydrogens (tertiary/aromatic N) is 1. The largest absolute Gasteiger partial charge is 0.496 e. The monoisotopic (exact) mass is 481 g/mol. The molecule has 1 saturated heterocycles. The van der Waals surface area contributed by atoms with Gasteiger partial charge in [-0.15, -0.1) is 0 Å². The molecule has 0 spiro atoms. The molecule has 3 aromatic carbocycles. The van der Waals surface area contributed by atoms with Crippen molar-refractivity contribution in [2.75, 3.05) is 26.7 Å². The number of likely N-dealkylation sites (tertiary alicyclic amines) is 1. The molecule has 1 aliphatic rings. The Morgan fingerprint density at radius 3 is 2.11 bits per heavy atom. The first-order valence-electron chi connectivity index (χ1n) is 13.1. The molecule has 0 saturated carbocycles. The van der Waals surface area contributed by atoms with E-state index in [1.807, 2.05) is 24.3 Å². The van der Waals surface area contributed by atoms with Gasteiger partial charge in [0.25, 0.3) is 0 Å². The Balaban J connectivity index is 1.38. The van der Waals surface area contributed by atoms with Crippen LogP contribution in [0.15, 0.2) is 84.4 Å². The lowest BCUT2D eigenvalue weighted by molar-refractivity contribution is 0.0974. The Bertz CT molecular complexity index is 1180. The summed E-state index contributed by atoms with van der Waals surface area (Å²) in [6, 6.07) is 27.2. The summed E-state index contributed by atoms with van der Waals surface area (Å²) in [6.07, 6.45) is 3.57. The quantitative estimate of drug-likeness (QED) is 0.311. The first-order valence-corrected chi connectivity index (χ1v) is 13.1. The molecule has 3 heteroatoms. The number of carbonyl (C=O) groups is 1. The molecular weight excluding hydrogens is 442 g/mol. The highest BCUT2D eigenvalue weighted by atomic mass is 16.5. The predicted molar refractivity (Wildman–Crippen MR) is 150 cm³/mol. The fourth-order valence-corrected chi connectivity index (χ4v) is 5.07. The first kappa shape index (κ1) is 25.9. The Morgan fingerprint density at radius 2 is 1.47 bits per heavy atom. The van der Waals surface area contributed by atoms with E-state index < -0.39 is 0 Å². The lowest BCUT2D eigenvalue weighted by Crippen LogP contribution is -2.32. The van der Waals surface area contributed by atoms with Gasteiger partial charge in [-0.1, -0.05) is 99.1 Å². The summed E-state index contributed by atoms with van der Waals surface area (Å²) >= 11 is 0. The summed E-state index contributed by atoms with van der Waals surface area (Å²) in [4.78, 5) is 15.2. The van der Waals surface area contributed by atoms with E-state index in [9.17, 15) is 4.79 Å². The highest BCUT2D eigenvalue weighted by molar-refractivity contribution is 5.96. The van der Waals surface area contributed by atoms with Gasteiger partial charge in [0.2, 0.25) is 0 Å². The maximum atomic E-state index is 12.7. The summed E-state index contributed by atoms with van der Waals surface area (Å²) in [5.74, 6) is 1.16. The normalized spacial score (nSPS) is 14.5. The topological polar surface area (TPSA) is 29.5 Å². The molecule has 0 N–H and O–H groups in total.